The number of ketones is 4. The van der Waals surface area contributed by atoms with E-state index in [0.29, 0.717) is 84.0 Å². The number of anilines is 2. The quantitative estimate of drug-likeness (QED) is 0.0125. The first kappa shape index (κ1) is 114. The maximum atomic E-state index is 15.2. The third-order valence-electron chi connectivity index (χ3n) is 21.5. The molecule has 3 aromatic heterocycles. The minimum absolute atomic E-state index is 0.0186. The van der Waals surface area contributed by atoms with E-state index in [2.05, 4.69) is 77.8 Å². The molecule has 4 aromatic rings. The number of methoxy groups -OCH3 is 1. The fourth-order valence-electron chi connectivity index (χ4n) is 14.8. The number of imidazole rings is 1. The maximum Gasteiger partial charge on any atom is 0.351 e. The number of carbonyl (C=O) groups is 15. The molecule has 1 aromatic carbocycles. The number of Topliss-reactive ketones (excluding diaryl/α,β-unsaturated/α-hetero) is 4. The third kappa shape index (κ3) is 38.9. The summed E-state index contributed by atoms with van der Waals surface area (Å²) < 4.78 is 33.7. The molecule has 0 spiro atoms. The van der Waals surface area contributed by atoms with Crippen molar-refractivity contribution in [2.45, 2.75) is 269 Å². The fourth-order valence-corrected chi connectivity index (χ4v) is 14.8. The first-order valence-corrected chi connectivity index (χ1v) is 44.5. The molecule has 6 rings (SSSR count). The van der Waals surface area contributed by atoms with E-state index < -0.39 is 213 Å². The molecule has 9 amide bonds. The molecule has 24 N–H and O–H groups in total. The van der Waals surface area contributed by atoms with Crippen molar-refractivity contribution >= 4 is 123 Å². The zero-order valence-electron chi connectivity index (χ0n) is 78.4. The number of aromatic nitrogens is 6. The highest BCUT2D eigenvalue weighted by Gasteiger charge is 2.48. The summed E-state index contributed by atoms with van der Waals surface area (Å²) in [5.41, 5.74) is 20.9. The lowest BCUT2D eigenvalue weighted by atomic mass is 9.85. The van der Waals surface area contributed by atoms with E-state index >= 15 is 4.39 Å². The number of aliphatic hydroxyl groups is 5. The van der Waals surface area contributed by atoms with Crippen LogP contribution in [0.1, 0.15) is 202 Å². The van der Waals surface area contributed by atoms with E-state index in [1.54, 1.807) is 43.3 Å². The number of aliphatic carboxylic acids is 2. The first-order valence-electron chi connectivity index (χ1n) is 44.5. The Balaban J connectivity index is 0.000000495. The summed E-state index contributed by atoms with van der Waals surface area (Å²) in [4.78, 5) is 233. The Labute approximate surface area is 784 Å². The second-order valence-electron chi connectivity index (χ2n) is 36.0. The Morgan fingerprint density at radius 1 is 0.551 bits per heavy atom. The number of halogens is 1. The lowest BCUT2D eigenvalue weighted by molar-refractivity contribution is -0.144. The maximum absolute atomic E-state index is 15.2. The van der Waals surface area contributed by atoms with Crippen molar-refractivity contribution in [3.63, 3.8) is 0 Å². The largest absolute Gasteiger partial charge is 0.497 e. The monoisotopic (exact) mass is 1920 g/mol. The van der Waals surface area contributed by atoms with Gasteiger partial charge in [0.05, 0.1) is 64.8 Å². The molecule has 15 atom stereocenters. The Morgan fingerprint density at radius 2 is 1.02 bits per heavy atom. The van der Waals surface area contributed by atoms with Crippen LogP contribution >= 0.6 is 0 Å². The minimum Gasteiger partial charge on any atom is -0.497 e. The van der Waals surface area contributed by atoms with Crippen LogP contribution < -0.4 is 86.1 Å². The number of aliphatic hydroxyl groups excluding tert-OH is 5. The van der Waals surface area contributed by atoms with Crippen LogP contribution in [0, 0.1) is 28.5 Å². The fraction of sp³-hybridized carbons (Fsp3) is 0.632. The number of carboxylic acid groups (broad SMARTS) is 2. The predicted octanol–water partition coefficient (Wildman–Crippen LogP) is -2.37. The van der Waals surface area contributed by atoms with Crippen LogP contribution in [0.2, 0.25) is 0 Å². The molecule has 2 saturated heterocycles. The number of nitrogens with two attached hydrogens (primary N) is 4. The van der Waals surface area contributed by atoms with Crippen LogP contribution in [-0.2, 0) is 87.8 Å². The number of amides is 9. The van der Waals surface area contributed by atoms with E-state index in [4.69, 9.17) is 37.1 Å². The Hall–Kier alpha value is -12.7. The van der Waals surface area contributed by atoms with Crippen molar-refractivity contribution in [2.24, 2.45) is 55.6 Å². The Kier molecular flexibility index (Phi) is 46.3. The van der Waals surface area contributed by atoms with Crippen molar-refractivity contribution in [1.82, 2.24) is 71.6 Å². The summed E-state index contributed by atoms with van der Waals surface area (Å²) in [6.45, 7) is 11.7. The van der Waals surface area contributed by atoms with E-state index in [9.17, 15) is 112 Å². The van der Waals surface area contributed by atoms with Crippen molar-refractivity contribution in [3.05, 3.63) is 65.0 Å². The van der Waals surface area contributed by atoms with Crippen LogP contribution in [0.25, 0.3) is 11.2 Å². The van der Waals surface area contributed by atoms with Crippen molar-refractivity contribution in [2.75, 3.05) is 70.8 Å². The summed E-state index contributed by atoms with van der Waals surface area (Å²) in [6.07, 6.45) is -4.65. The number of carboxylic acids is 2. The number of benzene rings is 1. The summed E-state index contributed by atoms with van der Waals surface area (Å²) in [5, 5.41) is 93.2. The molecular formula is C87H133FN22O26. The zero-order chi connectivity index (χ0) is 102. The number of hydrogen-bond acceptors (Lipinski definition) is 31. The molecule has 5 heterocycles. The van der Waals surface area contributed by atoms with Gasteiger partial charge in [-0.15, -0.1) is 0 Å². The minimum atomic E-state index is -1.85. The number of nitrogens with one attached hydrogen (secondary N) is 9. The van der Waals surface area contributed by atoms with Gasteiger partial charge in [-0.3, -0.25) is 71.9 Å². The van der Waals surface area contributed by atoms with Crippen molar-refractivity contribution in [3.8, 4) is 5.75 Å². The van der Waals surface area contributed by atoms with Gasteiger partial charge < -0.3 is 135 Å². The Morgan fingerprint density at radius 3 is 1.46 bits per heavy atom. The molecule has 2 aliphatic rings. The van der Waals surface area contributed by atoms with Crippen LogP contribution in [0.3, 0.4) is 0 Å². The molecule has 754 valence electrons. The van der Waals surface area contributed by atoms with E-state index in [-0.39, 0.29) is 136 Å². The smallest absolute Gasteiger partial charge is 0.351 e. The molecule has 0 radical (unpaired) electrons. The van der Waals surface area contributed by atoms with Crippen LogP contribution in [0.4, 0.5) is 16.0 Å². The summed E-state index contributed by atoms with van der Waals surface area (Å²) in [5.74, 6) is -14.8. The van der Waals surface area contributed by atoms with Gasteiger partial charge in [0.2, 0.25) is 53.2 Å². The number of hydrogen-bond donors (Lipinski definition) is 20. The number of rotatable bonds is 56. The van der Waals surface area contributed by atoms with Gasteiger partial charge in [-0.25, -0.2) is 33.7 Å². The average molecular weight is 1920 g/mol. The van der Waals surface area contributed by atoms with E-state index in [1.165, 1.54) is 38.2 Å². The average Bonchev–Trinajstić information content (AvgIpc) is 1.61. The number of unbranched alkanes of at least 4 members (excludes halogenated alkanes) is 4. The number of aliphatic imine (C=N–C) groups is 2. The van der Waals surface area contributed by atoms with Gasteiger partial charge in [0.1, 0.15) is 95.9 Å². The SMILES string of the molecule is CC(=O)CCCCCC(NC(=O)CC(NC(=O)CNC(=O)C(CCCN=C(N)N)CC(=O)CC(C)(C)C)C(=O)O)C(=O)Nc1nc(=O)n([C@@H]2O[C@H](CO)C(O)[C@@H]2O)cc1F.COc1ccc(CC(NC(=O)C(CCCCCC(C)=O)NC(=O)CC(NC(=O)CNC(=O)C(CCCN=C(N)N)CC(=O)CC(C)(C)C)C(=O)O)C(=O)NC2[C@@H](CO)O[C@@H](n3cnc4c(N(C)C)ncnc43)[C@H]2O)cc1. The highest BCUT2D eigenvalue weighted by atomic mass is 19.1. The molecular weight excluding hydrogens is 1790 g/mol. The molecule has 49 heteroatoms. The Bertz CT molecular complexity index is 4880. The van der Waals surface area contributed by atoms with Gasteiger partial charge in [0, 0.05) is 84.0 Å². The molecule has 0 bridgehead atoms. The van der Waals surface area contributed by atoms with Crippen LogP contribution in [-0.4, -0.2) is 292 Å². The number of guanidine groups is 2. The highest BCUT2D eigenvalue weighted by Crippen LogP contribution is 2.34. The second-order valence-corrected chi connectivity index (χ2v) is 36.0. The number of carbonyl (C=O) groups excluding carboxylic acids is 13. The molecule has 136 heavy (non-hydrogen) atoms. The molecule has 0 saturated carbocycles. The summed E-state index contributed by atoms with van der Waals surface area (Å²) >= 11 is 0. The zero-order valence-corrected chi connectivity index (χ0v) is 78.4. The van der Waals surface area contributed by atoms with E-state index in [1.807, 2.05) is 41.5 Å². The van der Waals surface area contributed by atoms with Gasteiger partial charge in [-0.1, -0.05) is 79.4 Å². The summed E-state index contributed by atoms with van der Waals surface area (Å²) in [6, 6.07) is -2.49. The number of fused-ring (bicyclic) bond motifs is 1. The molecule has 9 unspecified atom stereocenters. The van der Waals surface area contributed by atoms with Crippen molar-refractivity contribution < 1.29 is 126 Å². The normalized spacial score (nSPS) is 18.3. The number of nitrogens with zero attached hydrogens (tertiary/aromatic N) is 9. The predicted molar refractivity (Wildman–Crippen MR) is 487 cm³/mol. The van der Waals surface area contributed by atoms with E-state index in [0.717, 1.165) is 0 Å². The number of ether oxygens (including phenoxy) is 3. The lowest BCUT2D eigenvalue weighted by Crippen LogP contribution is -2.58. The molecule has 2 aliphatic heterocycles. The van der Waals surface area contributed by atoms with Gasteiger partial charge in [0.15, 0.2) is 53.0 Å². The molecule has 2 fully saturated rings. The second kappa shape index (κ2) is 55.3. The van der Waals surface area contributed by atoms with Gasteiger partial charge in [-0.05, 0) is 93.7 Å². The van der Waals surface area contributed by atoms with Crippen LogP contribution in [0.5, 0.6) is 5.75 Å². The van der Waals surface area contributed by atoms with Crippen molar-refractivity contribution in [1.29, 1.82) is 0 Å². The molecule has 0 aliphatic carbocycles. The van der Waals surface area contributed by atoms with Gasteiger partial charge in [-0.2, -0.15) is 4.98 Å². The topological polar surface area (TPSA) is 744 Å². The lowest BCUT2D eigenvalue weighted by Gasteiger charge is -2.27. The first-order chi connectivity index (χ1) is 63.9. The van der Waals surface area contributed by atoms with Gasteiger partial charge in [0.25, 0.3) is 0 Å². The standard InChI is InChI=1S/C50H75N13O13.C37H58FN9O13/c1-28(65)12-9-8-10-14-33(58-37(67)22-35(48(73)74)59-38(68)24-54-44(70)30(13-11-19-53-49(51)52)21-31(66)23-50(2,3)4)45(71)60-34(20-29-15-17-32(75-7)18-16-29)46(72)61-39-36(25-64)76-47(41(39)69)63-27-57-40-42(62(5)6)55-26-56-43(40)63;1-19(49)9-6-5-7-11-23(32(56)45-30-22(38)17-47(36(59)46-30)33-29(54)28(53)25(18-48)60-33)43-26(51)14-24(34(57)58)44-27(52)16-42-31(55)20(10-8-12-41-35(39)40)13-21(50)15-37(2,3)4/h15-18,26-27,30,33-36,39,41,47,64,69H,8-14,19-25H2,1-7H3,(H,54,70)(H,58,67)(H,59,68)(H,60,71)(H,61,72)(H,73,74)(H4,51,52,53);17,20,23-25,28-29,33,48,53-54H,5-16,18H2,1-4H3,(H,42,55)(H,43,51)(H,44,52)(H,57,58)(H4,39,40,41)(H,45,46,56,59)/t30?,33?,34?,35?,36-,39?,41+,47-;20?,23?,24?,25-,28?,29+,33-/m11/s1. The third-order valence-corrected chi connectivity index (χ3v) is 21.5. The van der Waals surface area contributed by atoms with Gasteiger partial charge >= 0.3 is 17.6 Å². The van der Waals surface area contributed by atoms with Crippen LogP contribution in [0.15, 0.2) is 57.9 Å². The molecule has 48 nitrogen and oxygen atoms in total. The summed E-state index contributed by atoms with van der Waals surface area (Å²) in [7, 11) is 5.02. The highest BCUT2D eigenvalue weighted by molar-refractivity contribution is 5.99.